The van der Waals surface area contributed by atoms with Crippen LogP contribution in [0.25, 0.3) is 0 Å². The first-order chi connectivity index (χ1) is 15.3. The van der Waals surface area contributed by atoms with Crippen molar-refractivity contribution in [2.24, 2.45) is 23.2 Å². The largest absolute Gasteiger partial charge is 0.497 e. The number of esters is 1. The first-order valence-corrected chi connectivity index (χ1v) is 11.9. The molecule has 4 rings (SSSR count). The number of nitrogens with zero attached hydrogens (tertiary/aromatic N) is 2. The maximum atomic E-state index is 12.8. The fourth-order valence-corrected chi connectivity index (χ4v) is 5.80. The lowest BCUT2D eigenvalue weighted by Gasteiger charge is -2.55. The summed E-state index contributed by atoms with van der Waals surface area (Å²) in [6, 6.07) is 8.11. The third-order valence-electron chi connectivity index (χ3n) is 7.40. The van der Waals surface area contributed by atoms with Crippen LogP contribution in [0.3, 0.4) is 0 Å². The number of aryl methyl sites for hydroxylation is 1. The highest BCUT2D eigenvalue weighted by Crippen LogP contribution is 2.56. The second-order valence-corrected chi connectivity index (χ2v) is 9.86. The number of fused-ring (bicyclic) bond motifs is 2. The lowest BCUT2D eigenvalue weighted by molar-refractivity contribution is -0.166. The number of methoxy groups -OCH3 is 1. The van der Waals surface area contributed by atoms with Crippen molar-refractivity contribution in [3.8, 4) is 5.75 Å². The summed E-state index contributed by atoms with van der Waals surface area (Å²) in [6.45, 7) is 10.2. The number of allylic oxidation sites excluding steroid dienone is 1. The van der Waals surface area contributed by atoms with Crippen LogP contribution in [0.4, 0.5) is 0 Å². The predicted molar refractivity (Wildman–Crippen MR) is 126 cm³/mol. The summed E-state index contributed by atoms with van der Waals surface area (Å²) in [4.78, 5) is 12.8. The molecule has 0 saturated carbocycles. The smallest absolute Gasteiger partial charge is 0.360 e. The van der Waals surface area contributed by atoms with Crippen LogP contribution in [0.1, 0.15) is 49.9 Å². The Balaban J connectivity index is 1.56. The zero-order valence-corrected chi connectivity index (χ0v) is 20.9. The molecular formula is C25H31BrN2O4. The molecule has 1 saturated heterocycles. The molecule has 2 aromatic rings. The lowest BCUT2D eigenvalue weighted by atomic mass is 9.56. The average Bonchev–Trinajstić information content (AvgIpc) is 3.17. The van der Waals surface area contributed by atoms with E-state index in [2.05, 4.69) is 60.0 Å². The highest BCUT2D eigenvalue weighted by molar-refractivity contribution is 9.10. The van der Waals surface area contributed by atoms with Crippen LogP contribution < -0.4 is 4.74 Å². The predicted octanol–water partition coefficient (Wildman–Crippen LogP) is 5.44. The molecule has 0 amide bonds. The van der Waals surface area contributed by atoms with Gasteiger partial charge in [0.2, 0.25) is 0 Å². The van der Waals surface area contributed by atoms with Crippen LogP contribution in [-0.4, -0.2) is 36.1 Å². The number of aromatic nitrogens is 2. The third kappa shape index (κ3) is 3.90. The molecule has 1 aliphatic heterocycles. The Bertz CT molecular complexity index is 1020. The van der Waals surface area contributed by atoms with Gasteiger partial charge < -0.3 is 14.2 Å². The van der Waals surface area contributed by atoms with Crippen molar-refractivity contribution in [1.29, 1.82) is 0 Å². The van der Waals surface area contributed by atoms with E-state index < -0.39 is 5.97 Å². The monoisotopic (exact) mass is 502 g/mol. The van der Waals surface area contributed by atoms with Crippen molar-refractivity contribution in [1.82, 2.24) is 9.78 Å². The minimum absolute atomic E-state index is 0.0297. The molecule has 7 heteroatoms. The Morgan fingerprint density at radius 3 is 2.66 bits per heavy atom. The van der Waals surface area contributed by atoms with Crippen molar-refractivity contribution in [3.63, 3.8) is 0 Å². The van der Waals surface area contributed by atoms with E-state index in [9.17, 15) is 4.79 Å². The Labute approximate surface area is 198 Å². The Morgan fingerprint density at radius 2 is 2.03 bits per heavy atom. The molecule has 5 atom stereocenters. The van der Waals surface area contributed by atoms with E-state index in [1.165, 1.54) is 5.57 Å². The highest BCUT2D eigenvalue weighted by atomic mass is 79.9. The number of halogens is 1. The van der Waals surface area contributed by atoms with Crippen LogP contribution in [0, 0.1) is 23.2 Å². The van der Waals surface area contributed by atoms with Gasteiger partial charge in [0.15, 0.2) is 5.69 Å². The summed E-state index contributed by atoms with van der Waals surface area (Å²) in [5, 5.41) is 4.33. The normalized spacial score (nSPS) is 29.4. The number of ether oxygens (including phenoxy) is 3. The van der Waals surface area contributed by atoms with Crippen molar-refractivity contribution in [2.75, 3.05) is 20.3 Å². The maximum Gasteiger partial charge on any atom is 0.360 e. The lowest BCUT2D eigenvalue weighted by Crippen LogP contribution is -2.54. The van der Waals surface area contributed by atoms with Gasteiger partial charge in [-0.1, -0.05) is 37.6 Å². The van der Waals surface area contributed by atoms with Gasteiger partial charge in [0.05, 0.1) is 24.3 Å². The molecule has 1 aliphatic carbocycles. The van der Waals surface area contributed by atoms with Crippen LogP contribution in [0.5, 0.6) is 5.75 Å². The summed E-state index contributed by atoms with van der Waals surface area (Å²) in [5.74, 6) is 1.17. The summed E-state index contributed by atoms with van der Waals surface area (Å²) < 4.78 is 20.0. The van der Waals surface area contributed by atoms with Crippen molar-refractivity contribution in [2.45, 2.75) is 40.3 Å². The maximum absolute atomic E-state index is 12.8. The summed E-state index contributed by atoms with van der Waals surface area (Å²) >= 11 is 3.42. The van der Waals surface area contributed by atoms with Gasteiger partial charge in [-0.05, 0) is 59.3 Å². The topological polar surface area (TPSA) is 62.6 Å². The van der Waals surface area contributed by atoms with Crippen LogP contribution in [-0.2, 0) is 16.0 Å². The second kappa shape index (κ2) is 9.02. The third-order valence-corrected chi connectivity index (χ3v) is 7.98. The van der Waals surface area contributed by atoms with Gasteiger partial charge in [0.25, 0.3) is 0 Å². The van der Waals surface area contributed by atoms with Gasteiger partial charge in [0.1, 0.15) is 12.4 Å². The summed E-state index contributed by atoms with van der Waals surface area (Å²) in [7, 11) is 1.67. The minimum Gasteiger partial charge on any atom is -0.497 e. The molecule has 2 aliphatic rings. The van der Waals surface area contributed by atoms with Crippen LogP contribution in [0.2, 0.25) is 0 Å². The number of hydrogen-bond donors (Lipinski definition) is 0. The molecule has 1 aromatic carbocycles. The van der Waals surface area contributed by atoms with E-state index in [0.29, 0.717) is 29.9 Å². The van der Waals surface area contributed by atoms with Gasteiger partial charge in [-0.15, -0.1) is 0 Å². The van der Waals surface area contributed by atoms with Crippen molar-refractivity contribution < 1.29 is 19.0 Å². The zero-order valence-electron chi connectivity index (χ0n) is 19.3. The Morgan fingerprint density at radius 1 is 1.31 bits per heavy atom. The summed E-state index contributed by atoms with van der Waals surface area (Å²) in [6.07, 6.45) is 4.10. The SMILES string of the molecule is CCn1cc(Br)c(C(=O)OC[C@@]23CO[C@H](c4ccc(OC)cc4)[C@@H](C(C)=C[C@@H]2C)[C@@H]3C)n1. The highest BCUT2D eigenvalue weighted by Gasteiger charge is 2.54. The van der Waals surface area contributed by atoms with E-state index in [1.807, 2.05) is 19.1 Å². The molecular weight excluding hydrogens is 472 g/mol. The first kappa shape index (κ1) is 23.1. The van der Waals surface area contributed by atoms with Crippen molar-refractivity contribution >= 4 is 21.9 Å². The van der Waals surface area contributed by atoms with Gasteiger partial charge in [-0.25, -0.2) is 4.79 Å². The van der Waals surface area contributed by atoms with E-state index in [1.54, 1.807) is 18.0 Å². The number of carbonyl (C=O) groups is 1. The van der Waals surface area contributed by atoms with E-state index >= 15 is 0 Å². The molecule has 32 heavy (non-hydrogen) atoms. The molecule has 0 spiro atoms. The molecule has 0 unspecified atom stereocenters. The zero-order chi connectivity index (χ0) is 23.0. The fourth-order valence-electron chi connectivity index (χ4n) is 5.32. The Kier molecular flexibility index (Phi) is 6.50. The fraction of sp³-hybridized carbons (Fsp3) is 0.520. The van der Waals surface area contributed by atoms with E-state index in [-0.39, 0.29) is 29.3 Å². The molecule has 2 heterocycles. The number of hydrogen-bond acceptors (Lipinski definition) is 5. The molecule has 2 bridgehead atoms. The van der Waals surface area contributed by atoms with Crippen LogP contribution in [0.15, 0.2) is 46.6 Å². The van der Waals surface area contributed by atoms with E-state index in [0.717, 1.165) is 11.3 Å². The molecule has 172 valence electrons. The molecule has 1 aromatic heterocycles. The number of rotatable bonds is 6. The van der Waals surface area contributed by atoms with Gasteiger partial charge in [-0.2, -0.15) is 5.10 Å². The number of benzene rings is 1. The standard InChI is InChI=1S/C25H31BrN2O4/c1-6-28-12-20(26)22(27-28)24(29)32-14-25-13-31-23(18-7-9-19(30-5)10-8-18)21(17(25)4)15(2)11-16(25)3/h7-12,16-17,21,23H,6,13-14H2,1-5H3/t16-,17-,21-,23+,25-/m0/s1. The first-order valence-electron chi connectivity index (χ1n) is 11.1. The molecule has 1 fully saturated rings. The quantitative estimate of drug-likeness (QED) is 0.388. The minimum atomic E-state index is -0.405. The van der Waals surface area contributed by atoms with Gasteiger partial charge >= 0.3 is 5.97 Å². The molecule has 0 radical (unpaired) electrons. The summed E-state index contributed by atoms with van der Waals surface area (Å²) in [5.41, 5.74) is 2.51. The van der Waals surface area contributed by atoms with Gasteiger partial charge in [0, 0.05) is 24.1 Å². The second-order valence-electron chi connectivity index (χ2n) is 9.01. The molecule has 0 N–H and O–H groups in total. The van der Waals surface area contributed by atoms with Crippen LogP contribution >= 0.6 is 15.9 Å². The average molecular weight is 503 g/mol. The van der Waals surface area contributed by atoms with E-state index in [4.69, 9.17) is 14.2 Å². The molecule has 6 nitrogen and oxygen atoms in total. The Hall–Kier alpha value is -2.12. The van der Waals surface area contributed by atoms with Gasteiger partial charge in [-0.3, -0.25) is 4.68 Å². The number of carbonyl (C=O) groups excluding carboxylic acids is 1. The van der Waals surface area contributed by atoms with Crippen molar-refractivity contribution in [3.05, 3.63) is 57.8 Å².